The van der Waals surface area contributed by atoms with Crippen molar-refractivity contribution in [3.63, 3.8) is 0 Å². The Morgan fingerprint density at radius 3 is 2.45 bits per heavy atom. The number of hydrogen-bond acceptors (Lipinski definition) is 8. The molecule has 1 fully saturated rings. The van der Waals surface area contributed by atoms with Gasteiger partial charge in [0.25, 0.3) is 0 Å². The summed E-state index contributed by atoms with van der Waals surface area (Å²) in [6.07, 6.45) is -0.269. The van der Waals surface area contributed by atoms with E-state index in [-0.39, 0.29) is 21.3 Å². The quantitative estimate of drug-likeness (QED) is 0.607. The number of methoxy groups -OCH3 is 1. The third-order valence-electron chi connectivity index (χ3n) is 2.99. The highest BCUT2D eigenvalue weighted by molar-refractivity contribution is 8.16. The number of ether oxygens (including phenoxy) is 2. The summed E-state index contributed by atoms with van der Waals surface area (Å²) in [5, 5.41) is 3.26. The van der Waals surface area contributed by atoms with Gasteiger partial charge in [0.2, 0.25) is 5.04 Å². The number of hydrogen-bond donors (Lipinski definition) is 0. The van der Waals surface area contributed by atoms with Crippen LogP contribution in [0.15, 0.2) is 34.3 Å². The van der Waals surface area contributed by atoms with E-state index in [2.05, 4.69) is 9.44 Å². The first-order chi connectivity index (χ1) is 10.3. The van der Waals surface area contributed by atoms with Crippen molar-refractivity contribution in [1.29, 1.82) is 0 Å². The molecule has 120 valence electrons. The van der Waals surface area contributed by atoms with E-state index >= 15 is 0 Å². The Morgan fingerprint density at radius 1 is 1.23 bits per heavy atom. The molecular formula is C13H15NO6S2. The zero-order valence-corrected chi connectivity index (χ0v) is 13.8. The van der Waals surface area contributed by atoms with Crippen LogP contribution in [0.5, 0.6) is 5.75 Å². The second-order valence-electron chi connectivity index (χ2n) is 4.53. The zero-order valence-electron chi connectivity index (χ0n) is 12.2. The lowest BCUT2D eigenvalue weighted by molar-refractivity contribution is -0.140. The highest BCUT2D eigenvalue weighted by Crippen LogP contribution is 2.26. The molecule has 0 aliphatic carbocycles. The minimum atomic E-state index is -4.10. The lowest BCUT2D eigenvalue weighted by atomic mass is 10.3. The lowest BCUT2D eigenvalue weighted by Gasteiger charge is -2.24. The Labute approximate surface area is 132 Å². The number of carbonyl (C=O) groups excluding carboxylic acids is 1. The summed E-state index contributed by atoms with van der Waals surface area (Å²) in [5.74, 6) is -0.181. The van der Waals surface area contributed by atoms with Gasteiger partial charge in [-0.2, -0.15) is 8.42 Å². The maximum atomic E-state index is 12.0. The van der Waals surface area contributed by atoms with E-state index in [4.69, 9.17) is 9.47 Å². The van der Waals surface area contributed by atoms with Gasteiger partial charge in [-0.1, -0.05) is 16.9 Å². The van der Waals surface area contributed by atoms with Gasteiger partial charge < -0.3 is 9.47 Å². The Bertz CT molecular complexity index is 683. The number of oxime groups is 1. The standard InChI is InChI=1S/C13H15NO6S2/c1-8-9(2)21-12(13(15)19-8)14-20-22(16,17)11-6-4-10(18-3)5-7-11/h4-9H,1-3H3. The van der Waals surface area contributed by atoms with Crippen molar-refractivity contribution in [1.82, 2.24) is 0 Å². The van der Waals surface area contributed by atoms with Crippen molar-refractivity contribution in [3.05, 3.63) is 24.3 Å². The van der Waals surface area contributed by atoms with E-state index in [0.29, 0.717) is 5.75 Å². The van der Waals surface area contributed by atoms with E-state index in [1.807, 2.05) is 6.92 Å². The molecule has 1 saturated heterocycles. The monoisotopic (exact) mass is 345 g/mol. The van der Waals surface area contributed by atoms with Crippen LogP contribution in [-0.2, 0) is 23.9 Å². The number of benzene rings is 1. The van der Waals surface area contributed by atoms with Gasteiger partial charge in [-0.3, -0.25) is 4.28 Å². The van der Waals surface area contributed by atoms with Crippen molar-refractivity contribution in [2.24, 2.45) is 5.16 Å². The number of nitrogens with zero attached hydrogens (tertiary/aromatic N) is 1. The fraction of sp³-hybridized carbons (Fsp3) is 0.385. The molecule has 0 saturated carbocycles. The predicted octanol–water partition coefficient (Wildman–Crippen LogP) is 1.78. The summed E-state index contributed by atoms with van der Waals surface area (Å²) in [6.45, 7) is 3.59. The molecule has 9 heteroatoms. The maximum absolute atomic E-state index is 12.0. The fourth-order valence-electron chi connectivity index (χ4n) is 1.56. The van der Waals surface area contributed by atoms with Gasteiger partial charge in [0.05, 0.1) is 7.11 Å². The highest BCUT2D eigenvalue weighted by atomic mass is 32.2. The van der Waals surface area contributed by atoms with Crippen molar-refractivity contribution >= 4 is 32.9 Å². The molecule has 1 heterocycles. The molecule has 0 aromatic heterocycles. The van der Waals surface area contributed by atoms with Crippen molar-refractivity contribution in [2.45, 2.75) is 30.1 Å². The molecular weight excluding hydrogens is 330 g/mol. The number of esters is 1. The summed E-state index contributed by atoms with van der Waals surface area (Å²) in [4.78, 5) is 11.5. The molecule has 0 radical (unpaired) electrons. The maximum Gasteiger partial charge on any atom is 0.367 e. The van der Waals surface area contributed by atoms with Gasteiger partial charge in [0, 0.05) is 5.25 Å². The van der Waals surface area contributed by atoms with Crippen LogP contribution in [0.3, 0.4) is 0 Å². The Hall–Kier alpha value is -1.74. The smallest absolute Gasteiger partial charge is 0.367 e. The number of thioether (sulfide) groups is 1. The molecule has 22 heavy (non-hydrogen) atoms. The average Bonchev–Trinajstić information content (AvgIpc) is 2.49. The third-order valence-corrected chi connectivity index (χ3v) is 5.33. The molecule has 0 bridgehead atoms. The van der Waals surface area contributed by atoms with Crippen molar-refractivity contribution in [2.75, 3.05) is 7.11 Å². The molecule has 0 N–H and O–H groups in total. The molecule has 0 amide bonds. The molecule has 1 aromatic carbocycles. The van der Waals surface area contributed by atoms with Crippen LogP contribution in [0.25, 0.3) is 0 Å². The van der Waals surface area contributed by atoms with Gasteiger partial charge in [-0.05, 0) is 38.1 Å². The Balaban J connectivity index is 2.14. The first kappa shape index (κ1) is 16.6. The van der Waals surface area contributed by atoms with Crippen LogP contribution in [0.1, 0.15) is 13.8 Å². The number of rotatable bonds is 4. The number of cyclic esters (lactones) is 1. The second-order valence-corrected chi connectivity index (χ2v) is 7.43. The summed E-state index contributed by atoms with van der Waals surface area (Å²) < 4.78 is 38.5. The van der Waals surface area contributed by atoms with Gasteiger partial charge in [-0.25, -0.2) is 4.79 Å². The molecule has 2 unspecified atom stereocenters. The molecule has 7 nitrogen and oxygen atoms in total. The van der Waals surface area contributed by atoms with E-state index in [0.717, 1.165) is 11.8 Å². The molecule has 1 aliphatic rings. The van der Waals surface area contributed by atoms with Gasteiger partial charge >= 0.3 is 16.1 Å². The Kier molecular flexibility index (Phi) is 4.97. The Morgan fingerprint density at radius 2 is 1.86 bits per heavy atom. The van der Waals surface area contributed by atoms with Crippen LogP contribution in [0.2, 0.25) is 0 Å². The van der Waals surface area contributed by atoms with E-state index < -0.39 is 16.1 Å². The molecule has 1 aromatic rings. The van der Waals surface area contributed by atoms with Gasteiger partial charge in [0.1, 0.15) is 16.7 Å². The van der Waals surface area contributed by atoms with Crippen LogP contribution in [-0.4, -0.2) is 37.9 Å². The van der Waals surface area contributed by atoms with E-state index in [9.17, 15) is 13.2 Å². The summed E-state index contributed by atoms with van der Waals surface area (Å²) in [7, 11) is -2.63. The van der Waals surface area contributed by atoms with Crippen LogP contribution >= 0.6 is 11.8 Å². The summed E-state index contributed by atoms with van der Waals surface area (Å²) in [6, 6.07) is 5.62. The van der Waals surface area contributed by atoms with Gasteiger partial charge in [0.15, 0.2) is 0 Å². The van der Waals surface area contributed by atoms with E-state index in [1.165, 1.54) is 31.4 Å². The molecule has 2 rings (SSSR count). The summed E-state index contributed by atoms with van der Waals surface area (Å²) >= 11 is 1.11. The SMILES string of the molecule is COc1ccc(S(=O)(=O)ON=C2SC(C)C(C)OC2=O)cc1. The minimum Gasteiger partial charge on any atom is -0.497 e. The first-order valence-electron chi connectivity index (χ1n) is 6.37. The first-order valence-corrected chi connectivity index (χ1v) is 8.65. The van der Waals surface area contributed by atoms with Crippen LogP contribution in [0.4, 0.5) is 0 Å². The lowest BCUT2D eigenvalue weighted by Crippen LogP contribution is -2.34. The molecule has 1 aliphatic heterocycles. The topological polar surface area (TPSA) is 91.3 Å². The fourth-order valence-corrected chi connectivity index (χ4v) is 3.16. The van der Waals surface area contributed by atoms with E-state index in [1.54, 1.807) is 6.92 Å². The molecule has 0 spiro atoms. The predicted molar refractivity (Wildman–Crippen MR) is 81.3 cm³/mol. The highest BCUT2D eigenvalue weighted by Gasteiger charge is 2.31. The molecule has 2 atom stereocenters. The minimum absolute atomic E-state index is 0.0382. The zero-order chi connectivity index (χ0) is 16.3. The largest absolute Gasteiger partial charge is 0.497 e. The third kappa shape index (κ3) is 3.72. The van der Waals surface area contributed by atoms with Gasteiger partial charge in [-0.15, -0.1) is 0 Å². The average molecular weight is 345 g/mol. The number of carbonyl (C=O) groups is 1. The van der Waals surface area contributed by atoms with Crippen LogP contribution in [0, 0.1) is 0 Å². The van der Waals surface area contributed by atoms with Crippen LogP contribution < -0.4 is 4.74 Å². The summed E-state index contributed by atoms with van der Waals surface area (Å²) in [5.41, 5.74) is 0. The van der Waals surface area contributed by atoms with Crippen molar-refractivity contribution < 1.29 is 27.0 Å². The normalized spacial score (nSPS) is 24.0. The van der Waals surface area contributed by atoms with Crippen molar-refractivity contribution in [3.8, 4) is 5.75 Å². The second kappa shape index (κ2) is 6.57.